The summed E-state index contributed by atoms with van der Waals surface area (Å²) in [5, 5.41) is 9.29. The van der Waals surface area contributed by atoms with E-state index in [4.69, 9.17) is 4.74 Å². The molecule has 1 saturated heterocycles. The van der Waals surface area contributed by atoms with Gasteiger partial charge in [-0.05, 0) is 30.8 Å². The number of hydrogen-bond donors (Lipinski definition) is 1. The van der Waals surface area contributed by atoms with Gasteiger partial charge >= 0.3 is 0 Å². The normalized spacial score (nSPS) is 39.1. The van der Waals surface area contributed by atoms with Crippen molar-refractivity contribution in [3.8, 4) is 0 Å². The predicted molar refractivity (Wildman–Crippen MR) is 37.4 cm³/mol. The first-order chi connectivity index (χ1) is 4.88. The molecule has 0 aromatic carbocycles. The van der Waals surface area contributed by atoms with Gasteiger partial charge in [0, 0.05) is 0 Å². The van der Waals surface area contributed by atoms with Gasteiger partial charge < -0.3 is 9.84 Å². The summed E-state index contributed by atoms with van der Waals surface area (Å²) in [7, 11) is 0. The van der Waals surface area contributed by atoms with Crippen molar-refractivity contribution in [3.63, 3.8) is 0 Å². The molecule has 1 heterocycles. The van der Waals surface area contributed by atoms with Crippen LogP contribution >= 0.6 is 0 Å². The number of ether oxygens (including phenoxy) is 1. The average Bonchev–Trinajstić information content (AvgIpc) is 2.36. The number of aliphatic hydroxyl groups excluding tert-OH is 1. The largest absolute Gasteiger partial charge is 0.364 e. The van der Waals surface area contributed by atoms with E-state index < -0.39 is 6.29 Å². The van der Waals surface area contributed by atoms with Crippen LogP contribution in [0.15, 0.2) is 11.6 Å². The molecule has 2 heteroatoms. The van der Waals surface area contributed by atoms with E-state index in [9.17, 15) is 5.11 Å². The van der Waals surface area contributed by atoms with Gasteiger partial charge in [-0.3, -0.25) is 0 Å². The lowest BCUT2D eigenvalue weighted by atomic mass is 9.96. The Labute approximate surface area is 60.5 Å². The second-order valence-corrected chi connectivity index (χ2v) is 2.99. The van der Waals surface area contributed by atoms with Crippen molar-refractivity contribution in [1.29, 1.82) is 0 Å². The third kappa shape index (κ3) is 0.879. The lowest BCUT2D eigenvalue weighted by molar-refractivity contribution is -0.0978. The van der Waals surface area contributed by atoms with Crippen LogP contribution in [-0.2, 0) is 4.74 Å². The van der Waals surface area contributed by atoms with Crippen molar-refractivity contribution in [2.75, 3.05) is 6.61 Å². The highest BCUT2D eigenvalue weighted by molar-refractivity contribution is 5.16. The van der Waals surface area contributed by atoms with Gasteiger partial charge in [-0.25, -0.2) is 0 Å². The molecule has 0 bridgehead atoms. The fourth-order valence-corrected chi connectivity index (χ4v) is 1.82. The van der Waals surface area contributed by atoms with Gasteiger partial charge in [0.15, 0.2) is 6.29 Å². The molecule has 2 nitrogen and oxygen atoms in total. The second-order valence-electron chi connectivity index (χ2n) is 2.99. The minimum atomic E-state index is -0.582. The van der Waals surface area contributed by atoms with Crippen molar-refractivity contribution >= 4 is 0 Å². The topological polar surface area (TPSA) is 29.5 Å². The molecule has 0 aromatic rings. The third-order valence-electron chi connectivity index (χ3n) is 2.39. The Morgan fingerprint density at radius 3 is 3.20 bits per heavy atom. The molecule has 1 aliphatic carbocycles. The molecule has 0 aromatic heterocycles. The van der Waals surface area contributed by atoms with Crippen LogP contribution < -0.4 is 0 Å². The van der Waals surface area contributed by atoms with Gasteiger partial charge in [0.1, 0.15) is 0 Å². The van der Waals surface area contributed by atoms with E-state index in [-0.39, 0.29) is 0 Å². The Morgan fingerprint density at radius 2 is 2.40 bits per heavy atom. The van der Waals surface area contributed by atoms with Crippen molar-refractivity contribution < 1.29 is 9.84 Å². The van der Waals surface area contributed by atoms with Crippen molar-refractivity contribution in [1.82, 2.24) is 0 Å². The quantitative estimate of drug-likeness (QED) is 0.510. The standard InChI is InChI=1S/C8H12O2/c9-8-7-3-1-2-6(7)4-5-10-8/h3,6,8-9H,1-2,4-5H2. The highest BCUT2D eigenvalue weighted by atomic mass is 16.6. The Kier molecular flexibility index (Phi) is 1.51. The van der Waals surface area contributed by atoms with Gasteiger partial charge in [0.2, 0.25) is 0 Å². The average molecular weight is 140 g/mol. The van der Waals surface area contributed by atoms with E-state index >= 15 is 0 Å². The van der Waals surface area contributed by atoms with Gasteiger partial charge in [0.25, 0.3) is 0 Å². The van der Waals surface area contributed by atoms with Crippen molar-refractivity contribution in [3.05, 3.63) is 11.6 Å². The zero-order valence-electron chi connectivity index (χ0n) is 5.92. The summed E-state index contributed by atoms with van der Waals surface area (Å²) in [5.74, 6) is 0.628. The van der Waals surface area contributed by atoms with Crippen LogP contribution in [0.1, 0.15) is 19.3 Å². The minimum absolute atomic E-state index is 0.582. The summed E-state index contributed by atoms with van der Waals surface area (Å²) in [6.07, 6.45) is 4.98. The summed E-state index contributed by atoms with van der Waals surface area (Å²) < 4.78 is 5.08. The molecule has 1 aliphatic heterocycles. The maximum absolute atomic E-state index is 9.29. The lowest BCUT2D eigenvalue weighted by Gasteiger charge is -2.25. The predicted octanol–water partition coefficient (Wildman–Crippen LogP) is 1.06. The second kappa shape index (κ2) is 2.36. The first-order valence-electron chi connectivity index (χ1n) is 3.87. The summed E-state index contributed by atoms with van der Waals surface area (Å²) >= 11 is 0. The SMILES string of the molecule is OC1OCCC2CCC=C21. The van der Waals surface area contributed by atoms with Crippen LogP contribution in [0.3, 0.4) is 0 Å². The summed E-state index contributed by atoms with van der Waals surface area (Å²) in [5.41, 5.74) is 1.13. The highest BCUT2D eigenvalue weighted by Gasteiger charge is 2.28. The van der Waals surface area contributed by atoms with E-state index in [1.807, 2.05) is 0 Å². The molecule has 2 aliphatic rings. The number of hydrogen-bond acceptors (Lipinski definition) is 2. The summed E-state index contributed by atoms with van der Waals surface area (Å²) in [6.45, 7) is 0.725. The van der Waals surface area contributed by atoms with Crippen LogP contribution in [0.25, 0.3) is 0 Å². The van der Waals surface area contributed by atoms with Crippen LogP contribution in [-0.4, -0.2) is 18.0 Å². The maximum atomic E-state index is 9.29. The van der Waals surface area contributed by atoms with Crippen LogP contribution in [0.5, 0.6) is 0 Å². The number of aliphatic hydroxyl groups is 1. The van der Waals surface area contributed by atoms with E-state index in [1.54, 1.807) is 0 Å². The van der Waals surface area contributed by atoms with E-state index in [0.717, 1.165) is 25.0 Å². The zero-order valence-corrected chi connectivity index (χ0v) is 5.92. The molecule has 56 valence electrons. The third-order valence-corrected chi connectivity index (χ3v) is 2.39. The number of rotatable bonds is 0. The summed E-state index contributed by atoms with van der Waals surface area (Å²) in [4.78, 5) is 0. The monoisotopic (exact) mass is 140 g/mol. The van der Waals surface area contributed by atoms with Gasteiger partial charge in [-0.15, -0.1) is 0 Å². The lowest BCUT2D eigenvalue weighted by Crippen LogP contribution is -2.26. The molecule has 2 atom stereocenters. The smallest absolute Gasteiger partial charge is 0.177 e. The Balaban J connectivity index is 2.15. The zero-order chi connectivity index (χ0) is 6.97. The number of fused-ring (bicyclic) bond motifs is 1. The van der Waals surface area contributed by atoms with E-state index in [0.29, 0.717) is 5.92 Å². The van der Waals surface area contributed by atoms with E-state index in [1.165, 1.54) is 6.42 Å². The molecule has 0 amide bonds. The highest BCUT2D eigenvalue weighted by Crippen LogP contribution is 2.34. The Bertz CT molecular complexity index is 163. The maximum Gasteiger partial charge on any atom is 0.177 e. The molecule has 0 saturated carbocycles. The van der Waals surface area contributed by atoms with Crippen LogP contribution in [0.4, 0.5) is 0 Å². The molecule has 2 unspecified atom stereocenters. The molecular formula is C8H12O2. The first-order valence-corrected chi connectivity index (χ1v) is 3.87. The van der Waals surface area contributed by atoms with Gasteiger partial charge in [-0.2, -0.15) is 0 Å². The van der Waals surface area contributed by atoms with Crippen molar-refractivity contribution in [2.24, 2.45) is 5.92 Å². The fourth-order valence-electron chi connectivity index (χ4n) is 1.82. The minimum Gasteiger partial charge on any atom is -0.364 e. The molecule has 1 N–H and O–H groups in total. The van der Waals surface area contributed by atoms with Crippen LogP contribution in [0.2, 0.25) is 0 Å². The first kappa shape index (κ1) is 6.38. The molecular weight excluding hydrogens is 128 g/mol. The molecule has 10 heavy (non-hydrogen) atoms. The van der Waals surface area contributed by atoms with Crippen molar-refractivity contribution in [2.45, 2.75) is 25.6 Å². The molecule has 1 fully saturated rings. The Hall–Kier alpha value is -0.340. The van der Waals surface area contributed by atoms with Crippen LogP contribution in [0, 0.1) is 5.92 Å². The molecule has 0 radical (unpaired) electrons. The van der Waals surface area contributed by atoms with Gasteiger partial charge in [0.05, 0.1) is 6.61 Å². The number of allylic oxidation sites excluding steroid dienone is 1. The fraction of sp³-hybridized carbons (Fsp3) is 0.750. The Morgan fingerprint density at radius 1 is 1.50 bits per heavy atom. The van der Waals surface area contributed by atoms with E-state index in [2.05, 4.69) is 6.08 Å². The summed E-state index contributed by atoms with van der Waals surface area (Å²) in [6, 6.07) is 0. The molecule has 0 spiro atoms. The van der Waals surface area contributed by atoms with Gasteiger partial charge in [-0.1, -0.05) is 6.08 Å². The molecule has 2 rings (SSSR count).